The van der Waals surface area contributed by atoms with E-state index < -0.39 is 17.3 Å². The van der Waals surface area contributed by atoms with Gasteiger partial charge in [-0.3, -0.25) is 15.0 Å². The molecule has 0 aliphatic rings. The number of pyridine rings is 1. The highest BCUT2D eigenvalue weighted by molar-refractivity contribution is 6.00. The first kappa shape index (κ1) is 19.6. The van der Waals surface area contributed by atoms with E-state index in [4.69, 9.17) is 0 Å². The molecule has 1 amide bonds. The Morgan fingerprint density at radius 2 is 1.78 bits per heavy atom. The van der Waals surface area contributed by atoms with Gasteiger partial charge >= 0.3 is 0 Å². The molecule has 3 heterocycles. The second-order valence-electron chi connectivity index (χ2n) is 7.15. The molecule has 32 heavy (non-hydrogen) atoms. The van der Waals surface area contributed by atoms with Crippen molar-refractivity contribution >= 4 is 22.6 Å². The molecule has 8 nitrogen and oxygen atoms in total. The summed E-state index contributed by atoms with van der Waals surface area (Å²) in [5.41, 5.74) is 5.91. The van der Waals surface area contributed by atoms with E-state index in [1.165, 1.54) is 30.5 Å². The molecule has 0 saturated heterocycles. The first-order valence-corrected chi connectivity index (χ1v) is 9.99. The van der Waals surface area contributed by atoms with Gasteiger partial charge in [0.1, 0.15) is 11.3 Å². The lowest BCUT2D eigenvalue weighted by molar-refractivity contribution is 0.101. The highest BCUT2D eigenvalue weighted by Gasteiger charge is 2.19. The summed E-state index contributed by atoms with van der Waals surface area (Å²) in [6, 6.07) is 16.4. The molecule has 0 aliphatic carbocycles. The minimum atomic E-state index is -0.556. The number of fused-ring (bicyclic) bond motifs is 3. The van der Waals surface area contributed by atoms with Crippen LogP contribution in [0.15, 0.2) is 71.7 Å². The molecule has 3 aromatic heterocycles. The number of carbonyl (C=O) groups excluding carboxylic acids is 1. The monoisotopic (exact) mass is 428 g/mol. The number of nitrogens with one attached hydrogen (secondary N) is 1. The average molecular weight is 428 g/mol. The van der Waals surface area contributed by atoms with Crippen LogP contribution >= 0.6 is 0 Å². The van der Waals surface area contributed by atoms with E-state index in [-0.39, 0.29) is 11.1 Å². The predicted octanol–water partition coefficient (Wildman–Crippen LogP) is 3.19. The molecule has 0 bridgehead atoms. The smallest absolute Gasteiger partial charge is 0.267 e. The maximum Gasteiger partial charge on any atom is 0.299 e. The van der Waals surface area contributed by atoms with Gasteiger partial charge in [0.15, 0.2) is 11.2 Å². The number of halogens is 1. The molecule has 158 valence electrons. The SMILES string of the molecule is CCc1nn2c(nnc3c(=O)n(NC(=O)c4ccc(F)cc4)ccc32)c1-c1ccccc1. The number of rotatable bonds is 4. The van der Waals surface area contributed by atoms with Gasteiger partial charge in [0.25, 0.3) is 11.5 Å². The lowest BCUT2D eigenvalue weighted by Crippen LogP contribution is -2.33. The second kappa shape index (κ2) is 7.69. The Morgan fingerprint density at radius 3 is 2.50 bits per heavy atom. The topological polar surface area (TPSA) is 94.2 Å². The molecule has 0 radical (unpaired) electrons. The zero-order valence-corrected chi connectivity index (χ0v) is 17.0. The van der Waals surface area contributed by atoms with Crippen LogP contribution < -0.4 is 11.0 Å². The van der Waals surface area contributed by atoms with Crippen molar-refractivity contribution in [3.05, 3.63) is 94.3 Å². The van der Waals surface area contributed by atoms with Gasteiger partial charge in [0.05, 0.1) is 11.3 Å². The highest BCUT2D eigenvalue weighted by Crippen LogP contribution is 2.28. The zero-order valence-electron chi connectivity index (χ0n) is 17.0. The van der Waals surface area contributed by atoms with Gasteiger partial charge < -0.3 is 0 Å². The minimum Gasteiger partial charge on any atom is -0.267 e. The minimum absolute atomic E-state index is 0.0594. The summed E-state index contributed by atoms with van der Waals surface area (Å²) in [5.74, 6) is -1.01. The molecule has 0 spiro atoms. The number of hydrogen-bond donors (Lipinski definition) is 1. The van der Waals surface area contributed by atoms with Crippen molar-refractivity contribution in [2.45, 2.75) is 13.3 Å². The summed E-state index contributed by atoms with van der Waals surface area (Å²) >= 11 is 0. The predicted molar refractivity (Wildman–Crippen MR) is 117 cm³/mol. The van der Waals surface area contributed by atoms with Gasteiger partial charge in [-0.2, -0.15) is 5.10 Å². The van der Waals surface area contributed by atoms with Crippen LogP contribution in [0.4, 0.5) is 4.39 Å². The van der Waals surface area contributed by atoms with E-state index in [0.717, 1.165) is 21.5 Å². The summed E-state index contributed by atoms with van der Waals surface area (Å²) in [6.07, 6.45) is 2.11. The van der Waals surface area contributed by atoms with Crippen LogP contribution in [-0.2, 0) is 6.42 Å². The second-order valence-corrected chi connectivity index (χ2v) is 7.15. The lowest BCUT2D eigenvalue weighted by atomic mass is 10.0. The van der Waals surface area contributed by atoms with Crippen molar-refractivity contribution < 1.29 is 9.18 Å². The van der Waals surface area contributed by atoms with Gasteiger partial charge in [0.2, 0.25) is 0 Å². The number of aryl methyl sites for hydroxylation is 1. The van der Waals surface area contributed by atoms with Crippen molar-refractivity contribution in [3.8, 4) is 11.1 Å². The Hall–Kier alpha value is -4.40. The first-order valence-electron chi connectivity index (χ1n) is 9.99. The van der Waals surface area contributed by atoms with Crippen LogP contribution in [0, 0.1) is 5.82 Å². The van der Waals surface area contributed by atoms with Crippen molar-refractivity contribution in [2.75, 3.05) is 5.43 Å². The fourth-order valence-corrected chi connectivity index (χ4v) is 3.60. The number of amides is 1. The van der Waals surface area contributed by atoms with E-state index in [9.17, 15) is 14.0 Å². The molecule has 0 saturated carbocycles. The lowest BCUT2D eigenvalue weighted by Gasteiger charge is -2.09. The quantitative estimate of drug-likeness (QED) is 0.475. The van der Waals surface area contributed by atoms with Crippen LogP contribution in [0.5, 0.6) is 0 Å². The molecule has 0 unspecified atom stereocenters. The number of nitrogens with zero attached hydrogens (tertiary/aromatic N) is 5. The molecule has 5 aromatic rings. The molecular weight excluding hydrogens is 411 g/mol. The summed E-state index contributed by atoms with van der Waals surface area (Å²) in [7, 11) is 0. The molecule has 1 N–H and O–H groups in total. The van der Waals surface area contributed by atoms with Crippen molar-refractivity contribution in [1.29, 1.82) is 0 Å². The van der Waals surface area contributed by atoms with Gasteiger partial charge in [-0.05, 0) is 42.3 Å². The third-order valence-electron chi connectivity index (χ3n) is 5.18. The molecule has 0 atom stereocenters. The third-order valence-corrected chi connectivity index (χ3v) is 5.18. The van der Waals surface area contributed by atoms with Crippen LogP contribution in [0.25, 0.3) is 27.8 Å². The van der Waals surface area contributed by atoms with Crippen molar-refractivity contribution in [3.63, 3.8) is 0 Å². The number of hydrogen-bond acceptors (Lipinski definition) is 5. The summed E-state index contributed by atoms with van der Waals surface area (Å²) in [6.45, 7) is 2.00. The van der Waals surface area contributed by atoms with Crippen LogP contribution in [0.2, 0.25) is 0 Å². The van der Waals surface area contributed by atoms with E-state index in [1.807, 2.05) is 37.3 Å². The van der Waals surface area contributed by atoms with Crippen LogP contribution in [-0.4, -0.2) is 30.4 Å². The first-order chi connectivity index (χ1) is 15.6. The largest absolute Gasteiger partial charge is 0.299 e. The number of aromatic nitrogens is 5. The summed E-state index contributed by atoms with van der Waals surface area (Å²) in [4.78, 5) is 25.4. The van der Waals surface area contributed by atoms with E-state index >= 15 is 0 Å². The Labute approximate surface area is 180 Å². The zero-order chi connectivity index (χ0) is 22.2. The standard InChI is InChI=1S/C23H17FN6O2/c1-2-17-19(14-6-4-3-5-7-14)21-26-25-20-18(30(21)27-17)12-13-29(23(20)32)28-22(31)15-8-10-16(24)11-9-15/h3-13H,2H2,1H3,(H,28,31). The Morgan fingerprint density at radius 1 is 1.03 bits per heavy atom. The van der Waals surface area contributed by atoms with E-state index in [0.29, 0.717) is 17.6 Å². The van der Waals surface area contributed by atoms with Crippen LogP contribution in [0.3, 0.4) is 0 Å². The van der Waals surface area contributed by atoms with Crippen LogP contribution in [0.1, 0.15) is 23.0 Å². The molecule has 0 aliphatic heterocycles. The fraction of sp³-hybridized carbons (Fsp3) is 0.0870. The Kier molecular flexibility index (Phi) is 4.70. The molecular formula is C23H17FN6O2. The van der Waals surface area contributed by atoms with Crippen molar-refractivity contribution in [2.24, 2.45) is 0 Å². The summed E-state index contributed by atoms with van der Waals surface area (Å²) in [5, 5.41) is 13.1. The van der Waals surface area contributed by atoms with Gasteiger partial charge in [-0.25, -0.2) is 13.6 Å². The molecule has 9 heteroatoms. The Balaban J connectivity index is 1.61. The van der Waals surface area contributed by atoms with Gasteiger partial charge in [0, 0.05) is 11.8 Å². The maximum atomic E-state index is 13.1. The highest BCUT2D eigenvalue weighted by atomic mass is 19.1. The van der Waals surface area contributed by atoms with E-state index in [2.05, 4.69) is 20.7 Å². The normalized spacial score (nSPS) is 11.2. The Bertz CT molecular complexity index is 1520. The molecule has 5 rings (SSSR count). The van der Waals surface area contributed by atoms with Gasteiger partial charge in [-0.1, -0.05) is 37.3 Å². The van der Waals surface area contributed by atoms with Gasteiger partial charge in [-0.15, -0.1) is 10.2 Å². The fourth-order valence-electron chi connectivity index (χ4n) is 3.60. The average Bonchev–Trinajstić information content (AvgIpc) is 3.21. The molecule has 2 aromatic carbocycles. The van der Waals surface area contributed by atoms with Crippen molar-refractivity contribution in [1.82, 2.24) is 24.5 Å². The summed E-state index contributed by atoms with van der Waals surface area (Å²) < 4.78 is 15.7. The maximum absolute atomic E-state index is 13.1. The van der Waals surface area contributed by atoms with E-state index in [1.54, 1.807) is 10.6 Å². The number of carbonyl (C=O) groups is 1. The third kappa shape index (κ3) is 3.20. The number of benzene rings is 2. The molecule has 0 fully saturated rings.